The molecule has 5 nitrogen and oxygen atoms in total. The van der Waals surface area contributed by atoms with Crippen LogP contribution in [0.4, 0.5) is 4.79 Å². The number of hydrogen-bond donors (Lipinski definition) is 2. The molecular formula is C6H10N2O3. The van der Waals surface area contributed by atoms with Crippen LogP contribution in [-0.4, -0.2) is 31.7 Å². The molecule has 1 aliphatic rings. The van der Waals surface area contributed by atoms with Gasteiger partial charge < -0.3 is 15.4 Å². The van der Waals surface area contributed by atoms with Gasteiger partial charge in [-0.05, 0) is 0 Å². The number of urea groups is 1. The van der Waals surface area contributed by atoms with Crippen LogP contribution >= 0.6 is 0 Å². The Bertz CT molecular complexity index is 181. The molecule has 2 N–H and O–H groups in total. The van der Waals surface area contributed by atoms with Crippen LogP contribution in [0.1, 0.15) is 6.42 Å². The molecule has 2 amide bonds. The van der Waals surface area contributed by atoms with Crippen molar-refractivity contribution in [3.05, 3.63) is 0 Å². The maximum Gasteiger partial charge on any atom is 0.328 e. The Hall–Kier alpha value is -1.26. The molecule has 1 fully saturated rings. The smallest absolute Gasteiger partial charge is 0.328 e. The molecule has 1 heterocycles. The number of nitrogens with one attached hydrogen (secondary N) is 2. The Balaban J connectivity index is 2.36. The fourth-order valence-electron chi connectivity index (χ4n) is 0.857. The van der Waals surface area contributed by atoms with Crippen molar-refractivity contribution in [1.29, 1.82) is 0 Å². The van der Waals surface area contributed by atoms with E-state index in [9.17, 15) is 9.59 Å². The zero-order valence-electron chi connectivity index (χ0n) is 6.22. The second kappa shape index (κ2) is 3.23. The SMILES string of the molecule is CNC(=O)N[C@H]1CCOC1=O. The summed E-state index contributed by atoms with van der Waals surface area (Å²) in [6.07, 6.45) is 0.562. The van der Waals surface area contributed by atoms with Gasteiger partial charge in [0.1, 0.15) is 6.04 Å². The van der Waals surface area contributed by atoms with Gasteiger partial charge in [-0.2, -0.15) is 0 Å². The largest absolute Gasteiger partial charge is 0.464 e. The van der Waals surface area contributed by atoms with E-state index in [4.69, 9.17) is 0 Å². The predicted octanol–water partition coefficient (Wildman–Crippen LogP) is -0.769. The molecule has 0 aromatic carbocycles. The second-order valence-corrected chi connectivity index (χ2v) is 2.23. The van der Waals surface area contributed by atoms with Crippen LogP contribution in [0.3, 0.4) is 0 Å². The Kier molecular flexibility index (Phi) is 2.30. The third kappa shape index (κ3) is 1.83. The minimum atomic E-state index is -0.463. The predicted molar refractivity (Wildman–Crippen MR) is 37.0 cm³/mol. The van der Waals surface area contributed by atoms with E-state index in [1.54, 1.807) is 0 Å². The summed E-state index contributed by atoms with van der Waals surface area (Å²) < 4.78 is 4.63. The molecule has 0 aromatic heterocycles. The lowest BCUT2D eigenvalue weighted by molar-refractivity contribution is -0.139. The van der Waals surface area contributed by atoms with Crippen LogP contribution in [0.2, 0.25) is 0 Å². The summed E-state index contributed by atoms with van der Waals surface area (Å²) in [7, 11) is 1.50. The number of rotatable bonds is 1. The van der Waals surface area contributed by atoms with E-state index >= 15 is 0 Å². The van der Waals surface area contributed by atoms with E-state index in [0.29, 0.717) is 13.0 Å². The van der Waals surface area contributed by atoms with Gasteiger partial charge in [-0.3, -0.25) is 0 Å². The molecule has 1 atom stereocenters. The molecule has 11 heavy (non-hydrogen) atoms. The van der Waals surface area contributed by atoms with E-state index in [2.05, 4.69) is 15.4 Å². The van der Waals surface area contributed by atoms with Crippen molar-refractivity contribution in [2.24, 2.45) is 0 Å². The minimum absolute atomic E-state index is 0.353. The Morgan fingerprint density at radius 3 is 2.91 bits per heavy atom. The summed E-state index contributed by atoms with van der Waals surface area (Å²) in [5.74, 6) is -0.353. The Morgan fingerprint density at radius 1 is 1.73 bits per heavy atom. The number of amides is 2. The molecule has 62 valence electrons. The molecule has 1 rings (SSSR count). The van der Waals surface area contributed by atoms with Crippen LogP contribution in [0.15, 0.2) is 0 Å². The summed E-state index contributed by atoms with van der Waals surface area (Å²) in [5, 5.41) is 4.81. The van der Waals surface area contributed by atoms with Crippen LogP contribution < -0.4 is 10.6 Å². The zero-order chi connectivity index (χ0) is 8.27. The van der Waals surface area contributed by atoms with E-state index in [0.717, 1.165) is 0 Å². The van der Waals surface area contributed by atoms with Gasteiger partial charge in [0.15, 0.2) is 0 Å². The fraction of sp³-hybridized carbons (Fsp3) is 0.667. The lowest BCUT2D eigenvalue weighted by atomic mass is 10.2. The van der Waals surface area contributed by atoms with Crippen molar-refractivity contribution in [2.45, 2.75) is 12.5 Å². The summed E-state index contributed by atoms with van der Waals surface area (Å²) >= 11 is 0. The number of carbonyl (C=O) groups excluding carboxylic acids is 2. The van der Waals surface area contributed by atoms with Crippen molar-refractivity contribution in [3.63, 3.8) is 0 Å². The second-order valence-electron chi connectivity index (χ2n) is 2.23. The first-order chi connectivity index (χ1) is 5.24. The van der Waals surface area contributed by atoms with Crippen molar-refractivity contribution in [2.75, 3.05) is 13.7 Å². The summed E-state index contributed by atoms with van der Waals surface area (Å²) in [6, 6.07) is -0.816. The minimum Gasteiger partial charge on any atom is -0.464 e. The number of cyclic esters (lactones) is 1. The number of ether oxygens (including phenoxy) is 1. The van der Waals surface area contributed by atoms with Gasteiger partial charge in [-0.15, -0.1) is 0 Å². The highest BCUT2D eigenvalue weighted by Gasteiger charge is 2.27. The third-order valence-corrected chi connectivity index (χ3v) is 1.47. The maximum atomic E-state index is 10.8. The molecule has 0 radical (unpaired) electrons. The van der Waals surface area contributed by atoms with E-state index in [1.807, 2.05) is 0 Å². The van der Waals surface area contributed by atoms with Crippen LogP contribution in [-0.2, 0) is 9.53 Å². The molecule has 0 bridgehead atoms. The summed E-state index contributed by atoms with van der Waals surface area (Å²) in [6.45, 7) is 0.396. The molecule has 0 saturated carbocycles. The first-order valence-corrected chi connectivity index (χ1v) is 3.39. The molecule has 0 aliphatic carbocycles. The lowest BCUT2D eigenvalue weighted by Gasteiger charge is -2.06. The molecule has 1 aliphatic heterocycles. The normalized spacial score (nSPS) is 22.6. The summed E-state index contributed by atoms with van der Waals surface area (Å²) in [5.41, 5.74) is 0. The van der Waals surface area contributed by atoms with Gasteiger partial charge in [0.05, 0.1) is 6.61 Å². The molecule has 5 heteroatoms. The van der Waals surface area contributed by atoms with Crippen LogP contribution in [0.25, 0.3) is 0 Å². The van der Waals surface area contributed by atoms with Gasteiger partial charge in [-0.1, -0.05) is 0 Å². The Labute approximate surface area is 64.1 Å². The number of hydrogen-bond acceptors (Lipinski definition) is 3. The highest BCUT2D eigenvalue weighted by molar-refractivity contribution is 5.84. The molecule has 0 aromatic rings. The van der Waals surface area contributed by atoms with Gasteiger partial charge in [-0.25, -0.2) is 9.59 Å². The maximum absolute atomic E-state index is 10.8. The van der Waals surface area contributed by atoms with Crippen molar-refractivity contribution in [3.8, 4) is 0 Å². The van der Waals surface area contributed by atoms with Gasteiger partial charge >= 0.3 is 12.0 Å². The van der Waals surface area contributed by atoms with E-state index < -0.39 is 6.04 Å². The van der Waals surface area contributed by atoms with Crippen molar-refractivity contribution in [1.82, 2.24) is 10.6 Å². The third-order valence-electron chi connectivity index (χ3n) is 1.47. The first-order valence-electron chi connectivity index (χ1n) is 3.39. The van der Waals surface area contributed by atoms with Gasteiger partial charge in [0, 0.05) is 13.5 Å². The highest BCUT2D eigenvalue weighted by atomic mass is 16.5. The topological polar surface area (TPSA) is 67.4 Å². The fourth-order valence-corrected chi connectivity index (χ4v) is 0.857. The van der Waals surface area contributed by atoms with Crippen molar-refractivity contribution >= 4 is 12.0 Å². The standard InChI is InChI=1S/C6H10N2O3/c1-7-6(10)8-4-2-3-11-5(4)9/h4H,2-3H2,1H3,(H2,7,8,10)/t4-/m0/s1. The molecular weight excluding hydrogens is 148 g/mol. The molecule has 1 saturated heterocycles. The number of carbonyl (C=O) groups is 2. The molecule has 0 unspecified atom stereocenters. The number of esters is 1. The Morgan fingerprint density at radius 2 is 2.45 bits per heavy atom. The zero-order valence-corrected chi connectivity index (χ0v) is 6.22. The van der Waals surface area contributed by atoms with Crippen LogP contribution in [0, 0.1) is 0 Å². The monoisotopic (exact) mass is 158 g/mol. The van der Waals surface area contributed by atoms with Gasteiger partial charge in [0.2, 0.25) is 0 Å². The van der Waals surface area contributed by atoms with E-state index in [-0.39, 0.29) is 12.0 Å². The quantitative estimate of drug-likeness (QED) is 0.492. The highest BCUT2D eigenvalue weighted by Crippen LogP contribution is 2.04. The average molecular weight is 158 g/mol. The average Bonchev–Trinajstić information content (AvgIpc) is 2.37. The van der Waals surface area contributed by atoms with Crippen molar-refractivity contribution < 1.29 is 14.3 Å². The van der Waals surface area contributed by atoms with Crippen LogP contribution in [0.5, 0.6) is 0 Å². The first kappa shape index (κ1) is 7.84. The van der Waals surface area contributed by atoms with Gasteiger partial charge in [0.25, 0.3) is 0 Å². The summed E-state index contributed by atoms with van der Waals surface area (Å²) in [4.78, 5) is 21.4. The molecule has 0 spiro atoms. The lowest BCUT2D eigenvalue weighted by Crippen LogP contribution is -2.42. The van der Waals surface area contributed by atoms with E-state index in [1.165, 1.54) is 7.05 Å².